The minimum Gasteiger partial charge on any atom is -0.507 e. The third-order valence-corrected chi connectivity index (χ3v) is 6.53. The van der Waals surface area contributed by atoms with Crippen LogP contribution in [-0.4, -0.2) is 28.9 Å². The molecule has 1 aliphatic rings. The molecular weight excluding hydrogens is 462 g/mol. The average Bonchev–Trinajstić information content (AvgIpc) is 3.37. The van der Waals surface area contributed by atoms with Gasteiger partial charge in [0.2, 0.25) is 0 Å². The minimum absolute atomic E-state index is 0.171. The number of hydrogen-bond donors (Lipinski definition) is 1. The molecule has 9 heteroatoms. The van der Waals surface area contributed by atoms with Crippen LogP contribution in [0.3, 0.4) is 0 Å². The number of rotatable bonds is 4. The number of aromatic nitrogens is 1. The van der Waals surface area contributed by atoms with E-state index < -0.39 is 35.1 Å². The number of ketones is 1. The number of thiazole rings is 1. The minimum atomic E-state index is -1.04. The lowest BCUT2D eigenvalue weighted by Gasteiger charge is -2.23. The fourth-order valence-corrected chi connectivity index (χ4v) is 4.93. The number of amides is 1. The molecule has 0 unspecified atom stereocenters. The highest BCUT2D eigenvalue weighted by Gasteiger charge is 2.48. The number of Topliss-reactive ketones (excluding diaryl/α,β-unsaturated/α-hetero) is 1. The average molecular weight is 478 g/mol. The van der Waals surface area contributed by atoms with Gasteiger partial charge in [0, 0.05) is 5.56 Å². The van der Waals surface area contributed by atoms with Crippen molar-refractivity contribution in [1.29, 1.82) is 0 Å². The van der Waals surface area contributed by atoms with Gasteiger partial charge in [-0.2, -0.15) is 0 Å². The first-order chi connectivity index (χ1) is 16.4. The van der Waals surface area contributed by atoms with Gasteiger partial charge in [0.1, 0.15) is 23.1 Å². The Morgan fingerprint density at radius 2 is 1.76 bits per heavy atom. The summed E-state index contributed by atoms with van der Waals surface area (Å²) in [5.74, 6) is -2.73. The van der Waals surface area contributed by atoms with Crippen LogP contribution in [-0.2, 0) is 9.59 Å². The van der Waals surface area contributed by atoms with Gasteiger partial charge in [-0.05, 0) is 60.2 Å². The summed E-state index contributed by atoms with van der Waals surface area (Å²) in [5, 5.41) is 11.2. The molecular formula is C25H16F2N2O4S. The Bertz CT molecular complexity index is 1480. The summed E-state index contributed by atoms with van der Waals surface area (Å²) < 4.78 is 33.0. The normalized spacial score (nSPS) is 17.5. The number of methoxy groups -OCH3 is 1. The van der Waals surface area contributed by atoms with E-state index >= 15 is 0 Å². The van der Waals surface area contributed by atoms with Gasteiger partial charge in [-0.3, -0.25) is 14.5 Å². The summed E-state index contributed by atoms with van der Waals surface area (Å²) in [5.41, 5.74) is 0.966. The van der Waals surface area contributed by atoms with Crippen molar-refractivity contribution in [3.63, 3.8) is 0 Å². The van der Waals surface area contributed by atoms with Crippen molar-refractivity contribution in [1.82, 2.24) is 4.98 Å². The molecule has 34 heavy (non-hydrogen) atoms. The predicted octanol–water partition coefficient (Wildman–Crippen LogP) is 5.21. The number of nitrogens with zero attached hydrogens (tertiary/aromatic N) is 2. The molecule has 0 bridgehead atoms. The van der Waals surface area contributed by atoms with Crippen molar-refractivity contribution in [2.24, 2.45) is 0 Å². The summed E-state index contributed by atoms with van der Waals surface area (Å²) in [6, 6.07) is 14.7. The molecule has 1 N–H and O–H groups in total. The summed E-state index contributed by atoms with van der Waals surface area (Å²) in [4.78, 5) is 32.0. The molecule has 170 valence electrons. The second-order valence-electron chi connectivity index (χ2n) is 7.56. The highest BCUT2D eigenvalue weighted by molar-refractivity contribution is 7.22. The third kappa shape index (κ3) is 3.60. The van der Waals surface area contributed by atoms with E-state index in [-0.39, 0.29) is 16.3 Å². The number of ether oxygens (including phenoxy) is 1. The van der Waals surface area contributed by atoms with Crippen LogP contribution in [0.2, 0.25) is 0 Å². The number of anilines is 1. The highest BCUT2D eigenvalue weighted by Crippen LogP contribution is 2.44. The molecule has 1 amide bonds. The van der Waals surface area contributed by atoms with E-state index in [0.29, 0.717) is 21.5 Å². The zero-order valence-electron chi connectivity index (χ0n) is 17.7. The van der Waals surface area contributed by atoms with Crippen LogP contribution in [0, 0.1) is 11.6 Å². The smallest absolute Gasteiger partial charge is 0.301 e. The van der Waals surface area contributed by atoms with Gasteiger partial charge >= 0.3 is 5.91 Å². The molecule has 0 spiro atoms. The molecule has 4 aromatic rings. The lowest BCUT2D eigenvalue weighted by atomic mass is 9.95. The molecule has 0 aliphatic carbocycles. The van der Waals surface area contributed by atoms with Crippen molar-refractivity contribution >= 4 is 44.1 Å². The van der Waals surface area contributed by atoms with Crippen LogP contribution in [0.4, 0.5) is 13.9 Å². The first kappa shape index (κ1) is 21.7. The Hall–Kier alpha value is -4.11. The molecule has 3 aromatic carbocycles. The first-order valence-corrected chi connectivity index (χ1v) is 11.0. The Morgan fingerprint density at radius 1 is 1.03 bits per heavy atom. The van der Waals surface area contributed by atoms with Crippen molar-refractivity contribution < 1.29 is 28.2 Å². The summed E-state index contributed by atoms with van der Waals surface area (Å²) >= 11 is 1.05. The lowest BCUT2D eigenvalue weighted by Crippen LogP contribution is -2.29. The number of carbonyl (C=O) groups is 2. The Labute approximate surface area is 196 Å². The molecule has 6 nitrogen and oxygen atoms in total. The number of fused-ring (bicyclic) bond motifs is 1. The van der Waals surface area contributed by atoms with Crippen molar-refractivity contribution in [2.45, 2.75) is 6.04 Å². The zero-order chi connectivity index (χ0) is 24.0. The topological polar surface area (TPSA) is 79.7 Å². The van der Waals surface area contributed by atoms with Crippen molar-refractivity contribution in [2.75, 3.05) is 12.0 Å². The lowest BCUT2D eigenvalue weighted by molar-refractivity contribution is -0.132. The van der Waals surface area contributed by atoms with E-state index in [0.717, 1.165) is 23.5 Å². The zero-order valence-corrected chi connectivity index (χ0v) is 18.5. The Morgan fingerprint density at radius 3 is 2.50 bits per heavy atom. The number of carbonyl (C=O) groups excluding carboxylic acids is 2. The summed E-state index contributed by atoms with van der Waals surface area (Å²) in [6.45, 7) is 0. The van der Waals surface area contributed by atoms with Gasteiger partial charge in [-0.1, -0.05) is 23.5 Å². The van der Waals surface area contributed by atoms with Crippen LogP contribution in [0.15, 0.2) is 72.3 Å². The van der Waals surface area contributed by atoms with E-state index in [4.69, 9.17) is 4.74 Å². The largest absolute Gasteiger partial charge is 0.507 e. The van der Waals surface area contributed by atoms with Crippen LogP contribution in [0.1, 0.15) is 17.2 Å². The van der Waals surface area contributed by atoms with Gasteiger partial charge in [-0.25, -0.2) is 13.8 Å². The maximum atomic E-state index is 13.7. The molecule has 2 heterocycles. The van der Waals surface area contributed by atoms with Crippen LogP contribution in [0.25, 0.3) is 16.0 Å². The molecule has 1 atom stereocenters. The van der Waals surface area contributed by atoms with E-state index in [1.54, 1.807) is 24.3 Å². The number of hydrogen-bond acceptors (Lipinski definition) is 6. The van der Waals surface area contributed by atoms with Crippen molar-refractivity contribution in [3.05, 3.63) is 95.1 Å². The highest BCUT2D eigenvalue weighted by atomic mass is 32.1. The standard InChI is InChI=1S/C25H16F2N2O4S/c1-33-17-4-2-3-14(11-17)21-20(22(30)13-5-7-15(26)8-6-13)23(31)24(32)29(21)25-28-18-10-9-16(27)12-19(18)34-25/h2-12,21,30H,1H3/t21-/m0/s1. The molecule has 1 aromatic heterocycles. The maximum Gasteiger partial charge on any atom is 0.301 e. The number of aliphatic hydroxyl groups excluding tert-OH is 1. The number of aliphatic hydroxyl groups is 1. The SMILES string of the molecule is COc1cccc([C@H]2C(=C(O)c3ccc(F)cc3)C(=O)C(=O)N2c2nc3ccc(F)cc3s2)c1. The van der Waals surface area contributed by atoms with E-state index in [9.17, 15) is 23.5 Å². The predicted molar refractivity (Wildman–Crippen MR) is 124 cm³/mol. The Balaban J connectivity index is 1.74. The Kier molecular flexibility index (Phi) is 5.33. The molecule has 1 fully saturated rings. The van der Waals surface area contributed by atoms with Crippen molar-refractivity contribution in [3.8, 4) is 5.75 Å². The second kappa shape index (κ2) is 8.35. The van der Waals surface area contributed by atoms with Crippen LogP contribution >= 0.6 is 11.3 Å². The van der Waals surface area contributed by atoms with E-state index in [1.165, 1.54) is 42.3 Å². The van der Waals surface area contributed by atoms with Crippen LogP contribution < -0.4 is 9.64 Å². The van der Waals surface area contributed by atoms with Gasteiger partial charge in [-0.15, -0.1) is 0 Å². The second-order valence-corrected chi connectivity index (χ2v) is 8.57. The summed E-state index contributed by atoms with van der Waals surface area (Å²) in [6.07, 6.45) is 0. The third-order valence-electron chi connectivity index (χ3n) is 5.52. The quantitative estimate of drug-likeness (QED) is 0.248. The fourth-order valence-electron chi connectivity index (χ4n) is 3.91. The summed E-state index contributed by atoms with van der Waals surface area (Å²) in [7, 11) is 1.48. The van der Waals surface area contributed by atoms with E-state index in [1.807, 2.05) is 0 Å². The molecule has 1 saturated heterocycles. The molecule has 0 saturated carbocycles. The maximum absolute atomic E-state index is 13.7. The first-order valence-electron chi connectivity index (χ1n) is 10.1. The van der Waals surface area contributed by atoms with Gasteiger partial charge in [0.05, 0.1) is 28.9 Å². The molecule has 5 rings (SSSR count). The van der Waals surface area contributed by atoms with Gasteiger partial charge < -0.3 is 9.84 Å². The van der Waals surface area contributed by atoms with Crippen LogP contribution in [0.5, 0.6) is 5.75 Å². The van der Waals surface area contributed by atoms with Gasteiger partial charge in [0.25, 0.3) is 5.78 Å². The molecule has 0 radical (unpaired) electrons. The fraction of sp³-hybridized carbons (Fsp3) is 0.0800. The number of halogens is 2. The molecule has 1 aliphatic heterocycles. The van der Waals surface area contributed by atoms with E-state index in [2.05, 4.69) is 4.98 Å². The number of benzene rings is 3. The monoisotopic (exact) mass is 478 g/mol. The van der Waals surface area contributed by atoms with Gasteiger partial charge in [0.15, 0.2) is 5.13 Å².